The van der Waals surface area contributed by atoms with Gasteiger partial charge in [0.05, 0.1) is 16.5 Å². The molecule has 5 nitrogen and oxygen atoms in total. The van der Waals surface area contributed by atoms with E-state index in [1.54, 1.807) is 0 Å². The van der Waals surface area contributed by atoms with Crippen LogP contribution in [0.5, 0.6) is 0 Å². The van der Waals surface area contributed by atoms with Gasteiger partial charge in [-0.25, -0.2) is 8.51 Å². The minimum absolute atomic E-state index is 0.0292. The molecule has 1 amide bonds. The van der Waals surface area contributed by atoms with Crippen molar-refractivity contribution in [2.45, 2.75) is 49.7 Å². The van der Waals surface area contributed by atoms with Crippen LogP contribution >= 0.6 is 0 Å². The van der Waals surface area contributed by atoms with Gasteiger partial charge in [0.2, 0.25) is 5.91 Å². The Kier molecular flexibility index (Phi) is 4.51. The third-order valence-electron chi connectivity index (χ3n) is 5.50. The SMILES string of the molecule is C=CC1C[C@]1(NC(=O)C1CCCN1C)C(=C)S(=O)N(C)C1CC1. The lowest BCUT2D eigenvalue weighted by Crippen LogP contribution is -2.49. The molecule has 0 bridgehead atoms. The summed E-state index contributed by atoms with van der Waals surface area (Å²) in [6, 6.07) is 0.308. The first kappa shape index (κ1) is 16.9. The van der Waals surface area contributed by atoms with Gasteiger partial charge in [-0.2, -0.15) is 0 Å². The summed E-state index contributed by atoms with van der Waals surface area (Å²) in [6.07, 6.45) is 6.71. The maximum absolute atomic E-state index is 12.8. The maximum Gasteiger partial charge on any atom is 0.238 e. The maximum atomic E-state index is 12.8. The molecule has 2 saturated carbocycles. The van der Waals surface area contributed by atoms with E-state index in [1.165, 1.54) is 0 Å². The summed E-state index contributed by atoms with van der Waals surface area (Å²) in [5.74, 6) is 0.156. The van der Waals surface area contributed by atoms with Crippen molar-refractivity contribution < 1.29 is 9.00 Å². The smallest absolute Gasteiger partial charge is 0.238 e. The first-order chi connectivity index (χ1) is 10.9. The van der Waals surface area contributed by atoms with E-state index in [9.17, 15) is 9.00 Å². The first-order valence-corrected chi connectivity index (χ1v) is 9.50. The van der Waals surface area contributed by atoms with Crippen LogP contribution in [-0.4, -0.2) is 57.6 Å². The number of carbonyl (C=O) groups excluding carboxylic acids is 1. The van der Waals surface area contributed by atoms with Crippen molar-refractivity contribution in [2.24, 2.45) is 5.92 Å². The highest BCUT2D eigenvalue weighted by Crippen LogP contribution is 2.51. The highest BCUT2D eigenvalue weighted by molar-refractivity contribution is 7.86. The van der Waals surface area contributed by atoms with Gasteiger partial charge in [0, 0.05) is 19.0 Å². The molecule has 6 heteroatoms. The Balaban J connectivity index is 1.72. The zero-order chi connectivity index (χ0) is 16.8. The lowest BCUT2D eigenvalue weighted by Gasteiger charge is -2.27. The van der Waals surface area contributed by atoms with Crippen LogP contribution in [-0.2, 0) is 15.8 Å². The van der Waals surface area contributed by atoms with Crippen LogP contribution in [0.3, 0.4) is 0 Å². The van der Waals surface area contributed by atoms with Gasteiger partial charge in [-0.05, 0) is 45.7 Å². The molecule has 0 spiro atoms. The molecule has 1 aliphatic heterocycles. The molecule has 1 N–H and O–H groups in total. The molecule has 1 saturated heterocycles. The highest BCUT2D eigenvalue weighted by Gasteiger charge is 2.58. The molecule has 0 aromatic rings. The summed E-state index contributed by atoms with van der Waals surface area (Å²) in [4.78, 5) is 15.4. The summed E-state index contributed by atoms with van der Waals surface area (Å²) in [5.41, 5.74) is -0.573. The second-order valence-electron chi connectivity index (χ2n) is 7.10. The summed E-state index contributed by atoms with van der Waals surface area (Å²) in [6.45, 7) is 8.91. The molecule has 0 aromatic carbocycles. The molecule has 2 aliphatic carbocycles. The Labute approximate surface area is 141 Å². The normalized spacial score (nSPS) is 35.1. The molecule has 23 heavy (non-hydrogen) atoms. The molecule has 3 fully saturated rings. The second-order valence-corrected chi connectivity index (χ2v) is 8.66. The van der Waals surface area contributed by atoms with Gasteiger partial charge in [0.1, 0.15) is 11.0 Å². The van der Waals surface area contributed by atoms with Crippen molar-refractivity contribution in [1.82, 2.24) is 14.5 Å². The average molecular weight is 337 g/mol. The van der Waals surface area contributed by atoms with Crippen LogP contribution in [0, 0.1) is 5.92 Å². The first-order valence-electron chi connectivity index (χ1n) is 8.39. The zero-order valence-corrected chi connectivity index (χ0v) is 14.9. The number of amides is 1. The van der Waals surface area contributed by atoms with E-state index in [-0.39, 0.29) is 17.9 Å². The molecule has 3 aliphatic rings. The number of likely N-dealkylation sites (tertiary alicyclic amines) is 1. The predicted octanol–water partition coefficient (Wildman–Crippen LogP) is 1.41. The van der Waals surface area contributed by atoms with E-state index in [0.29, 0.717) is 10.9 Å². The standard InChI is InChI=1S/C17H27N3O2S/c1-5-13-11-17(13,12(2)23(22)20(4)14-8-9-14)18-16(21)15-7-6-10-19(15)3/h5,13-15H,1-2,6-11H2,3-4H3,(H,18,21)/t13?,15?,17-,23?/m0/s1. The number of likely N-dealkylation sites (N-methyl/N-ethyl adjacent to an activating group) is 1. The van der Waals surface area contributed by atoms with Crippen molar-refractivity contribution in [3.63, 3.8) is 0 Å². The summed E-state index contributed by atoms with van der Waals surface area (Å²) in [5, 5.41) is 3.16. The van der Waals surface area contributed by atoms with E-state index in [0.717, 1.165) is 38.6 Å². The number of hydrogen-bond donors (Lipinski definition) is 1. The minimum Gasteiger partial charge on any atom is -0.344 e. The lowest BCUT2D eigenvalue weighted by atomic mass is 10.1. The molecule has 128 valence electrons. The predicted molar refractivity (Wildman–Crippen MR) is 92.9 cm³/mol. The largest absolute Gasteiger partial charge is 0.344 e. The second kappa shape index (κ2) is 6.15. The quantitative estimate of drug-likeness (QED) is 0.715. The summed E-state index contributed by atoms with van der Waals surface area (Å²) < 4.78 is 14.7. The molecule has 1 heterocycles. The van der Waals surface area contributed by atoms with Gasteiger partial charge in [0.15, 0.2) is 0 Å². The lowest BCUT2D eigenvalue weighted by molar-refractivity contribution is -0.125. The molecule has 3 unspecified atom stereocenters. The highest BCUT2D eigenvalue weighted by atomic mass is 32.2. The molecular formula is C17H27N3O2S. The van der Waals surface area contributed by atoms with Gasteiger partial charge < -0.3 is 5.32 Å². The molecule has 3 rings (SSSR count). The van der Waals surface area contributed by atoms with Crippen molar-refractivity contribution in [1.29, 1.82) is 0 Å². The van der Waals surface area contributed by atoms with Crippen LogP contribution in [0.1, 0.15) is 32.1 Å². The van der Waals surface area contributed by atoms with Gasteiger partial charge in [-0.15, -0.1) is 6.58 Å². The van der Waals surface area contributed by atoms with Crippen LogP contribution in [0.25, 0.3) is 0 Å². The van der Waals surface area contributed by atoms with Crippen molar-refractivity contribution in [2.75, 3.05) is 20.6 Å². The Morgan fingerprint density at radius 3 is 2.61 bits per heavy atom. The number of nitrogens with one attached hydrogen (secondary N) is 1. The molecule has 0 aromatic heterocycles. The Morgan fingerprint density at radius 1 is 1.43 bits per heavy atom. The Bertz CT molecular complexity index is 560. The third kappa shape index (κ3) is 3.04. The van der Waals surface area contributed by atoms with Crippen LogP contribution in [0.2, 0.25) is 0 Å². The van der Waals surface area contributed by atoms with Gasteiger partial charge >= 0.3 is 0 Å². The topological polar surface area (TPSA) is 52.7 Å². The van der Waals surface area contributed by atoms with E-state index >= 15 is 0 Å². The number of hydrogen-bond acceptors (Lipinski definition) is 3. The van der Waals surface area contributed by atoms with Gasteiger partial charge in [-0.3, -0.25) is 9.69 Å². The molecule has 0 radical (unpaired) electrons. The third-order valence-corrected chi connectivity index (χ3v) is 7.11. The monoisotopic (exact) mass is 337 g/mol. The van der Waals surface area contributed by atoms with E-state index in [4.69, 9.17) is 0 Å². The summed E-state index contributed by atoms with van der Waals surface area (Å²) >= 11 is 0. The molecule has 4 atom stereocenters. The van der Waals surface area contributed by atoms with E-state index < -0.39 is 16.5 Å². The number of nitrogens with zero attached hydrogens (tertiary/aromatic N) is 2. The van der Waals surface area contributed by atoms with Crippen LogP contribution in [0.15, 0.2) is 24.1 Å². The number of carbonyl (C=O) groups is 1. The fourth-order valence-electron chi connectivity index (χ4n) is 3.55. The van der Waals surface area contributed by atoms with Crippen molar-refractivity contribution in [3.05, 3.63) is 24.1 Å². The minimum atomic E-state index is -1.27. The average Bonchev–Trinajstić information content (AvgIpc) is 3.44. The van der Waals surface area contributed by atoms with E-state index in [2.05, 4.69) is 23.4 Å². The fourth-order valence-corrected chi connectivity index (χ4v) is 4.98. The van der Waals surface area contributed by atoms with Gasteiger partial charge in [0.25, 0.3) is 0 Å². The Morgan fingerprint density at radius 2 is 2.13 bits per heavy atom. The van der Waals surface area contributed by atoms with E-state index in [1.807, 2.05) is 24.5 Å². The number of rotatable bonds is 7. The van der Waals surface area contributed by atoms with Crippen molar-refractivity contribution >= 4 is 16.9 Å². The van der Waals surface area contributed by atoms with Crippen LogP contribution in [0.4, 0.5) is 0 Å². The van der Waals surface area contributed by atoms with Gasteiger partial charge in [-0.1, -0.05) is 12.7 Å². The summed E-state index contributed by atoms with van der Waals surface area (Å²) in [7, 11) is 2.59. The Hall–Kier alpha value is -0.980. The molecular weight excluding hydrogens is 310 g/mol. The van der Waals surface area contributed by atoms with Crippen molar-refractivity contribution in [3.8, 4) is 0 Å². The fraction of sp³-hybridized carbons (Fsp3) is 0.706. The van der Waals surface area contributed by atoms with Crippen LogP contribution < -0.4 is 5.32 Å². The zero-order valence-electron chi connectivity index (χ0n) is 14.1.